The van der Waals surface area contributed by atoms with E-state index in [9.17, 15) is 32.2 Å². The quantitative estimate of drug-likeness (QED) is 0.326. The Bertz CT molecular complexity index is 1510. The number of amides is 1. The number of carboxylic acid groups (broad SMARTS) is 1. The number of carbonyl (C=O) groups is 2. The Morgan fingerprint density at radius 3 is 2.83 bits per heavy atom. The summed E-state index contributed by atoms with van der Waals surface area (Å²) >= 11 is -2.04. The molecule has 0 bridgehead atoms. The summed E-state index contributed by atoms with van der Waals surface area (Å²) in [4.78, 5) is 36.7. The number of alkyl halides is 2. The number of pyridine rings is 1. The van der Waals surface area contributed by atoms with E-state index in [4.69, 9.17) is 10.5 Å². The number of hydrogen-bond donors (Lipinski definition) is 2. The van der Waals surface area contributed by atoms with Crippen LogP contribution >= 0.6 is 11.3 Å². The van der Waals surface area contributed by atoms with Crippen LogP contribution in [0.5, 0.6) is 5.75 Å². The molecule has 2 aliphatic heterocycles. The molecule has 41 heavy (non-hydrogen) atoms. The number of aliphatic carboxylic acids is 1. The zero-order valence-electron chi connectivity index (χ0n) is 21.9. The lowest BCUT2D eigenvalue weighted by atomic mass is 10.00. The molecule has 12 nitrogen and oxygen atoms in total. The second-order valence-electron chi connectivity index (χ2n) is 9.76. The molecule has 1 unspecified atom stereocenters. The predicted octanol–water partition coefficient (Wildman–Crippen LogP) is 2.41. The highest BCUT2D eigenvalue weighted by Crippen LogP contribution is 2.38. The topological polar surface area (TPSA) is 165 Å². The second-order valence-corrected chi connectivity index (χ2v) is 11.6. The van der Waals surface area contributed by atoms with Gasteiger partial charge in [-0.2, -0.15) is 0 Å². The van der Waals surface area contributed by atoms with Crippen LogP contribution in [0.4, 0.5) is 24.7 Å². The van der Waals surface area contributed by atoms with Gasteiger partial charge in [0.15, 0.2) is 5.13 Å². The molecule has 0 spiro atoms. The van der Waals surface area contributed by atoms with Crippen molar-refractivity contribution >= 4 is 61.2 Å². The number of benzene rings is 1. The highest BCUT2D eigenvalue weighted by Gasteiger charge is 2.44. The van der Waals surface area contributed by atoms with E-state index < -0.39 is 47.7 Å². The zero-order chi connectivity index (χ0) is 29.5. The standard InChI is InChI=1S/C25H28F2N6O6S2/c1-2-39-19-11-16-14(3-6-29-21(16)28)9-15(19)10-18(23(35)36)32-7-4-17(22(32)34)33(41(37)38)20-12-30-24(40-20)31-8-5-25(26,27)13-31/h3,6,9,11-12,17-18H,2,4-5,7-8,10,13H2,1H3,(H2,28,29)(H,35,36)(H,37,38)/p-1/t17-,18+/m0/s1. The van der Waals surface area contributed by atoms with Gasteiger partial charge in [0.05, 0.1) is 19.3 Å². The molecule has 2 aromatic heterocycles. The third-order valence-electron chi connectivity index (χ3n) is 7.14. The third-order valence-corrected chi connectivity index (χ3v) is 9.09. The molecule has 1 amide bonds. The van der Waals surface area contributed by atoms with Crippen LogP contribution in [0.25, 0.3) is 10.8 Å². The minimum Gasteiger partial charge on any atom is -0.755 e. The Hall–Kier alpha value is -3.63. The summed E-state index contributed by atoms with van der Waals surface area (Å²) in [6, 6.07) is 2.63. The van der Waals surface area contributed by atoms with Gasteiger partial charge < -0.3 is 29.9 Å². The first kappa shape index (κ1) is 28.9. The van der Waals surface area contributed by atoms with Crippen molar-refractivity contribution in [3.05, 3.63) is 36.2 Å². The molecule has 2 saturated heterocycles. The van der Waals surface area contributed by atoms with E-state index in [1.165, 1.54) is 17.3 Å². The molecule has 3 N–H and O–H groups in total. The number of likely N-dealkylation sites (tertiary alicyclic amines) is 1. The fourth-order valence-electron chi connectivity index (χ4n) is 5.21. The van der Waals surface area contributed by atoms with E-state index in [0.717, 1.165) is 25.9 Å². The van der Waals surface area contributed by atoms with E-state index in [1.54, 1.807) is 25.1 Å². The SMILES string of the molecule is CCOc1cc2c(N)nccc2cc1C[C@H](C(=O)O)N1CC[C@H](N(c2cnc(N3CCC(F)(F)C3)s2)S(=O)[O-])C1=O. The molecular formula is C25H27F2N6O6S2-. The van der Waals surface area contributed by atoms with Gasteiger partial charge in [0, 0.05) is 48.8 Å². The molecule has 4 heterocycles. The van der Waals surface area contributed by atoms with Crippen LogP contribution < -0.4 is 19.7 Å². The molecule has 16 heteroatoms. The lowest BCUT2D eigenvalue weighted by molar-refractivity contribution is -0.148. The lowest BCUT2D eigenvalue weighted by Gasteiger charge is -2.31. The molecule has 3 aromatic rings. The molecule has 0 aliphatic carbocycles. The summed E-state index contributed by atoms with van der Waals surface area (Å²) in [7, 11) is 0. The first-order valence-corrected chi connectivity index (χ1v) is 14.6. The highest BCUT2D eigenvalue weighted by molar-refractivity contribution is 7.81. The number of carboxylic acids is 1. The van der Waals surface area contributed by atoms with Gasteiger partial charge in [0.2, 0.25) is 5.91 Å². The number of nitrogen functional groups attached to an aromatic ring is 1. The average molecular weight is 610 g/mol. The number of thiazole rings is 1. The second kappa shape index (κ2) is 11.3. The van der Waals surface area contributed by atoms with Crippen molar-refractivity contribution in [2.24, 2.45) is 0 Å². The highest BCUT2D eigenvalue weighted by atomic mass is 32.2. The monoisotopic (exact) mass is 609 g/mol. The number of anilines is 3. The maximum absolute atomic E-state index is 13.7. The first-order valence-electron chi connectivity index (χ1n) is 12.8. The molecule has 1 aromatic carbocycles. The van der Waals surface area contributed by atoms with E-state index in [2.05, 4.69) is 9.97 Å². The van der Waals surface area contributed by atoms with E-state index in [-0.39, 0.29) is 48.3 Å². The van der Waals surface area contributed by atoms with E-state index >= 15 is 0 Å². The van der Waals surface area contributed by atoms with Crippen LogP contribution in [-0.4, -0.2) is 84.9 Å². The Kier molecular flexibility index (Phi) is 7.98. The Morgan fingerprint density at radius 2 is 2.17 bits per heavy atom. The van der Waals surface area contributed by atoms with Crippen LogP contribution in [0.3, 0.4) is 0 Å². The number of nitrogens with two attached hydrogens (primary N) is 1. The van der Waals surface area contributed by atoms with Crippen LogP contribution in [0.2, 0.25) is 0 Å². The number of nitrogens with zero attached hydrogens (tertiary/aromatic N) is 5. The normalized spacial score (nSPS) is 20.0. The Labute approximate surface area is 240 Å². The van der Waals surface area contributed by atoms with Crippen LogP contribution in [0, 0.1) is 0 Å². The Balaban J connectivity index is 1.40. The molecule has 0 saturated carbocycles. The van der Waals surface area contributed by atoms with Gasteiger partial charge in [-0.25, -0.2) is 23.5 Å². The molecule has 5 rings (SSSR count). The fraction of sp³-hybridized carbons (Fsp3) is 0.440. The number of rotatable bonds is 10. The van der Waals surface area contributed by atoms with Crippen molar-refractivity contribution in [2.45, 2.75) is 44.2 Å². The Morgan fingerprint density at radius 1 is 1.39 bits per heavy atom. The number of aromatic nitrogens is 2. The number of fused-ring (bicyclic) bond motifs is 1. The maximum Gasteiger partial charge on any atom is 0.326 e. The van der Waals surface area contributed by atoms with Crippen molar-refractivity contribution in [3.63, 3.8) is 0 Å². The average Bonchev–Trinajstić information content (AvgIpc) is 3.63. The summed E-state index contributed by atoms with van der Waals surface area (Å²) in [5, 5.41) is 11.8. The maximum atomic E-state index is 13.7. The van der Waals surface area contributed by atoms with Crippen molar-refractivity contribution in [1.82, 2.24) is 14.9 Å². The molecule has 3 atom stereocenters. The van der Waals surface area contributed by atoms with Crippen molar-refractivity contribution < 1.29 is 37.0 Å². The predicted molar refractivity (Wildman–Crippen MR) is 148 cm³/mol. The van der Waals surface area contributed by atoms with E-state index in [0.29, 0.717) is 23.3 Å². The van der Waals surface area contributed by atoms with Crippen LogP contribution in [0.1, 0.15) is 25.3 Å². The van der Waals surface area contributed by atoms with Crippen molar-refractivity contribution in [1.29, 1.82) is 0 Å². The number of carbonyl (C=O) groups excluding carboxylic acids is 1. The summed E-state index contributed by atoms with van der Waals surface area (Å²) < 4.78 is 58.5. The fourth-order valence-corrected chi connectivity index (χ4v) is 7.00. The summed E-state index contributed by atoms with van der Waals surface area (Å²) in [6.07, 6.45) is 2.35. The largest absolute Gasteiger partial charge is 0.755 e. The third kappa shape index (κ3) is 5.76. The van der Waals surface area contributed by atoms with Gasteiger partial charge in [-0.05, 0) is 42.5 Å². The molecule has 220 valence electrons. The first-order chi connectivity index (χ1) is 19.5. The lowest BCUT2D eigenvalue weighted by Crippen LogP contribution is -2.48. The van der Waals surface area contributed by atoms with E-state index in [1.807, 2.05) is 0 Å². The molecule has 2 fully saturated rings. The summed E-state index contributed by atoms with van der Waals surface area (Å²) in [6.45, 7) is 1.61. The van der Waals surface area contributed by atoms with Gasteiger partial charge in [-0.1, -0.05) is 11.3 Å². The van der Waals surface area contributed by atoms with Gasteiger partial charge >= 0.3 is 5.97 Å². The van der Waals surface area contributed by atoms with Gasteiger partial charge in [-0.3, -0.25) is 13.3 Å². The molecular weight excluding hydrogens is 582 g/mol. The van der Waals surface area contributed by atoms with Gasteiger partial charge in [0.25, 0.3) is 5.92 Å². The van der Waals surface area contributed by atoms with Crippen LogP contribution in [0.15, 0.2) is 30.6 Å². The minimum absolute atomic E-state index is 0.00735. The summed E-state index contributed by atoms with van der Waals surface area (Å²) in [5.41, 5.74) is 6.53. The molecule has 2 aliphatic rings. The van der Waals surface area contributed by atoms with Crippen LogP contribution in [-0.2, 0) is 27.3 Å². The number of hydrogen-bond acceptors (Lipinski definition) is 10. The van der Waals surface area contributed by atoms with Crippen molar-refractivity contribution in [2.75, 3.05) is 41.2 Å². The van der Waals surface area contributed by atoms with Gasteiger partial charge in [0.1, 0.15) is 28.7 Å². The van der Waals surface area contributed by atoms with Crippen molar-refractivity contribution in [3.8, 4) is 5.75 Å². The van der Waals surface area contributed by atoms with Gasteiger partial charge in [-0.15, -0.1) is 0 Å². The number of ether oxygens (including phenoxy) is 1. The number of halogens is 2. The minimum atomic E-state index is -2.92. The molecule has 0 radical (unpaired) electrons. The smallest absolute Gasteiger partial charge is 0.326 e. The summed E-state index contributed by atoms with van der Waals surface area (Å²) in [5.74, 6) is -4.12. The zero-order valence-corrected chi connectivity index (χ0v) is 23.5.